The lowest BCUT2D eigenvalue weighted by molar-refractivity contribution is 0.870. The van der Waals surface area contributed by atoms with Crippen molar-refractivity contribution in [2.24, 2.45) is 0 Å². The Morgan fingerprint density at radius 2 is 0.714 bits per heavy atom. The van der Waals surface area contributed by atoms with E-state index in [2.05, 4.69) is 200 Å². The first-order valence-electron chi connectivity index (χ1n) is 17.5. The van der Waals surface area contributed by atoms with Crippen LogP contribution in [0.3, 0.4) is 0 Å². The second-order valence-corrected chi connectivity index (χ2v) is 18.6. The molecule has 0 aliphatic heterocycles. The van der Waals surface area contributed by atoms with Gasteiger partial charge in [-0.05, 0) is 96.1 Å². The smallest absolute Gasteiger partial charge is 0.0730 e. The molecule has 0 heterocycles. The fraction of sp³-hybridized carbons (Fsp3) is 0.167. The van der Waals surface area contributed by atoms with Gasteiger partial charge in [-0.3, -0.25) is 0 Å². The molecular weight excluding hydrogens is 605 g/mol. The molecule has 0 nitrogen and oxygen atoms in total. The van der Waals surface area contributed by atoms with Crippen LogP contribution in [0.15, 0.2) is 168 Å². The van der Waals surface area contributed by atoms with E-state index in [9.17, 15) is 0 Å². The van der Waals surface area contributed by atoms with E-state index in [4.69, 9.17) is 0 Å². The number of allylic oxidation sites excluding steroid dienone is 4. The second kappa shape index (κ2) is 12.8. The van der Waals surface area contributed by atoms with E-state index in [1.165, 1.54) is 82.4 Å². The van der Waals surface area contributed by atoms with Gasteiger partial charge >= 0.3 is 0 Å². The third-order valence-electron chi connectivity index (χ3n) is 11.2. The molecule has 0 saturated carbocycles. The maximum Gasteiger partial charge on any atom is 0.161 e. The first-order valence-corrected chi connectivity index (χ1v) is 19.5. The first kappa shape index (κ1) is 32.6. The molecule has 0 aromatic heterocycles. The highest BCUT2D eigenvalue weighted by molar-refractivity contribution is 7.14. The van der Waals surface area contributed by atoms with E-state index in [1.807, 2.05) is 0 Å². The van der Waals surface area contributed by atoms with Gasteiger partial charge < -0.3 is 0 Å². The molecule has 1 atom stereocenters. The van der Waals surface area contributed by atoms with Crippen molar-refractivity contribution in [3.05, 3.63) is 185 Å². The molecule has 1 heteroatoms. The highest BCUT2D eigenvalue weighted by atomic mass is 28.3. The minimum absolute atomic E-state index is 0.179. The Bertz CT molecular complexity index is 2000. The third kappa shape index (κ3) is 5.67. The van der Waals surface area contributed by atoms with Crippen molar-refractivity contribution in [1.29, 1.82) is 0 Å². The zero-order valence-corrected chi connectivity index (χ0v) is 30.9. The summed E-state index contributed by atoms with van der Waals surface area (Å²) in [5.74, 6) is 0. The monoisotopic (exact) mass is 650 g/mol. The van der Waals surface area contributed by atoms with Gasteiger partial charge in [0.25, 0.3) is 0 Å². The van der Waals surface area contributed by atoms with Crippen LogP contribution in [0.4, 0.5) is 0 Å². The highest BCUT2D eigenvalue weighted by Crippen LogP contribution is 2.53. The lowest BCUT2D eigenvalue weighted by atomic mass is 10.0. The van der Waals surface area contributed by atoms with Crippen LogP contribution < -0.4 is 15.6 Å². The van der Waals surface area contributed by atoms with Crippen LogP contribution in [0.1, 0.15) is 44.4 Å². The molecule has 0 spiro atoms. The summed E-state index contributed by atoms with van der Waals surface area (Å²) < 4.78 is 0. The molecule has 1 aliphatic carbocycles. The van der Waals surface area contributed by atoms with Gasteiger partial charge in [-0.1, -0.05) is 186 Å². The Morgan fingerprint density at radius 3 is 0.980 bits per heavy atom. The normalized spacial score (nSPS) is 16.2. The van der Waals surface area contributed by atoms with Crippen LogP contribution in [0.5, 0.6) is 0 Å². The van der Waals surface area contributed by atoms with E-state index < -0.39 is 8.07 Å². The van der Waals surface area contributed by atoms with Crippen LogP contribution in [0, 0.1) is 20.8 Å². The molecule has 49 heavy (non-hydrogen) atoms. The Kier molecular flexibility index (Phi) is 8.51. The molecule has 6 aromatic rings. The van der Waals surface area contributed by atoms with Crippen molar-refractivity contribution < 1.29 is 0 Å². The van der Waals surface area contributed by atoms with Gasteiger partial charge in [0, 0.05) is 5.04 Å². The number of rotatable bonds is 7. The van der Waals surface area contributed by atoms with Gasteiger partial charge in [-0.2, -0.15) is 0 Å². The van der Waals surface area contributed by atoms with Crippen LogP contribution in [-0.4, -0.2) is 8.07 Å². The van der Waals surface area contributed by atoms with Crippen molar-refractivity contribution in [2.45, 2.75) is 53.5 Å². The molecule has 0 radical (unpaired) electrons. The fourth-order valence-electron chi connectivity index (χ4n) is 8.34. The second-order valence-electron chi connectivity index (χ2n) is 14.4. The maximum atomic E-state index is 2.60. The summed E-state index contributed by atoms with van der Waals surface area (Å²) in [6, 6.07) is 55.3. The summed E-state index contributed by atoms with van der Waals surface area (Å²) in [7, 11) is -2.80. The molecule has 1 unspecified atom stereocenters. The summed E-state index contributed by atoms with van der Waals surface area (Å²) in [6.45, 7) is 16.0. The summed E-state index contributed by atoms with van der Waals surface area (Å²) >= 11 is 0. The van der Waals surface area contributed by atoms with Gasteiger partial charge in [0.15, 0.2) is 8.07 Å². The summed E-state index contributed by atoms with van der Waals surface area (Å²) in [6.07, 6.45) is 2.60. The number of hydrogen-bond donors (Lipinski definition) is 0. The topological polar surface area (TPSA) is 0 Å². The van der Waals surface area contributed by atoms with E-state index in [0.717, 1.165) is 0 Å². The Balaban J connectivity index is 1.49. The van der Waals surface area contributed by atoms with Crippen molar-refractivity contribution >= 4 is 23.6 Å². The van der Waals surface area contributed by atoms with Gasteiger partial charge in [0.1, 0.15) is 0 Å². The Hall–Kier alpha value is -4.98. The van der Waals surface area contributed by atoms with Crippen molar-refractivity contribution in [3.8, 4) is 33.4 Å². The standard InChI is InChI=1S/C48H46Si/c1-33-11-8-14-42(29-33)39-17-23-45(24-18-39)49(48(7)32-36(4)37(5)38(48)6,46-25-19-40(20-26-46)43-15-9-12-34(2)30-43)47-27-21-41(22-28-47)44-16-10-13-35(3)31-44/h8-32H,1-7H3. The summed E-state index contributed by atoms with van der Waals surface area (Å²) in [5, 5.41) is 4.10. The lowest BCUT2D eigenvalue weighted by Crippen LogP contribution is -2.73. The molecule has 0 saturated heterocycles. The predicted octanol–water partition coefficient (Wildman–Crippen LogP) is 11.1. The van der Waals surface area contributed by atoms with Crippen LogP contribution in [-0.2, 0) is 0 Å². The largest absolute Gasteiger partial charge is 0.161 e. The molecule has 0 bridgehead atoms. The molecule has 7 rings (SSSR count). The number of benzene rings is 6. The molecule has 0 amide bonds. The zero-order valence-electron chi connectivity index (χ0n) is 29.9. The minimum atomic E-state index is -2.80. The first-order chi connectivity index (χ1) is 23.6. The Labute approximate surface area is 294 Å². The van der Waals surface area contributed by atoms with Gasteiger partial charge in [-0.15, -0.1) is 0 Å². The van der Waals surface area contributed by atoms with Crippen molar-refractivity contribution in [2.75, 3.05) is 0 Å². The highest BCUT2D eigenvalue weighted by Gasteiger charge is 2.56. The molecule has 0 N–H and O–H groups in total. The Morgan fingerprint density at radius 1 is 0.388 bits per heavy atom. The number of hydrogen-bond acceptors (Lipinski definition) is 0. The molecular formula is C48H46Si. The van der Waals surface area contributed by atoms with E-state index >= 15 is 0 Å². The molecule has 6 aromatic carbocycles. The molecule has 242 valence electrons. The quantitative estimate of drug-likeness (QED) is 0.119. The SMILES string of the molecule is CC1=CC(C)([Si](c2ccc(-c3cccc(C)c3)cc2)(c2ccc(-c3cccc(C)c3)cc2)c2ccc(-c3cccc(C)c3)cc2)C(C)=C1C. The van der Waals surface area contributed by atoms with Crippen molar-refractivity contribution in [3.63, 3.8) is 0 Å². The fourth-order valence-corrected chi connectivity index (χ4v) is 14.3. The van der Waals surface area contributed by atoms with Crippen molar-refractivity contribution in [1.82, 2.24) is 0 Å². The van der Waals surface area contributed by atoms with Crippen LogP contribution >= 0.6 is 0 Å². The average Bonchev–Trinajstić information content (AvgIpc) is 3.32. The molecule has 1 aliphatic rings. The van der Waals surface area contributed by atoms with Crippen LogP contribution in [0.25, 0.3) is 33.4 Å². The zero-order chi connectivity index (χ0) is 34.3. The third-order valence-corrected chi connectivity index (χ3v) is 16.9. The maximum absolute atomic E-state index is 2.80. The van der Waals surface area contributed by atoms with E-state index in [0.29, 0.717) is 0 Å². The average molecular weight is 651 g/mol. The minimum Gasteiger partial charge on any atom is -0.0730 e. The molecule has 0 fully saturated rings. The lowest BCUT2D eigenvalue weighted by Gasteiger charge is -2.47. The van der Waals surface area contributed by atoms with Gasteiger partial charge in [0.05, 0.1) is 0 Å². The van der Waals surface area contributed by atoms with Crippen LogP contribution in [0.2, 0.25) is 5.04 Å². The van der Waals surface area contributed by atoms with Gasteiger partial charge in [0.2, 0.25) is 0 Å². The number of aryl methyl sites for hydroxylation is 3. The van der Waals surface area contributed by atoms with E-state index in [1.54, 1.807) is 0 Å². The predicted molar refractivity (Wildman–Crippen MR) is 215 cm³/mol. The van der Waals surface area contributed by atoms with E-state index in [-0.39, 0.29) is 5.04 Å². The summed E-state index contributed by atoms with van der Waals surface area (Å²) in [5.41, 5.74) is 15.7. The van der Waals surface area contributed by atoms with Gasteiger partial charge in [-0.25, -0.2) is 0 Å². The summed E-state index contributed by atoms with van der Waals surface area (Å²) in [4.78, 5) is 0.